The summed E-state index contributed by atoms with van der Waals surface area (Å²) in [5.41, 5.74) is 2.43. The number of hydrogen-bond acceptors (Lipinski definition) is 4. The molecule has 2 aromatic heterocycles. The second-order valence-corrected chi connectivity index (χ2v) is 9.05. The second-order valence-electron chi connectivity index (χ2n) is 8.23. The van der Waals surface area contributed by atoms with Gasteiger partial charge in [-0.2, -0.15) is 0 Å². The van der Waals surface area contributed by atoms with Gasteiger partial charge in [-0.25, -0.2) is 23.7 Å². The van der Waals surface area contributed by atoms with Gasteiger partial charge in [-0.3, -0.25) is 0 Å². The van der Waals surface area contributed by atoms with Crippen LogP contribution >= 0.6 is 23.2 Å². The van der Waals surface area contributed by atoms with E-state index in [9.17, 15) is 8.78 Å². The summed E-state index contributed by atoms with van der Waals surface area (Å²) in [6.45, 7) is 2.60. The molecule has 0 radical (unpaired) electrons. The molecule has 9 heteroatoms. The molecule has 2 aromatic carbocycles. The van der Waals surface area contributed by atoms with Crippen LogP contribution in [0.25, 0.3) is 22.6 Å². The van der Waals surface area contributed by atoms with Crippen molar-refractivity contribution in [3.8, 4) is 11.4 Å². The van der Waals surface area contributed by atoms with Gasteiger partial charge in [0.2, 0.25) is 0 Å². The molecule has 0 spiro atoms. The summed E-state index contributed by atoms with van der Waals surface area (Å²) in [6, 6.07) is 8.99. The molecule has 1 fully saturated rings. The highest BCUT2D eigenvalue weighted by atomic mass is 35.5. The molecule has 1 atom stereocenters. The van der Waals surface area contributed by atoms with E-state index in [1.165, 1.54) is 12.1 Å². The SMILES string of the molecule is Fc1ccc(CCc2ncc3nc(-c4c(Cl)cccc4Cl)n(C[C@H]4CCNC4)c3n2)c(F)c1. The minimum absolute atomic E-state index is 0.363. The lowest BCUT2D eigenvalue weighted by Crippen LogP contribution is -2.16. The first-order chi connectivity index (χ1) is 16.0. The van der Waals surface area contributed by atoms with Crippen molar-refractivity contribution in [2.24, 2.45) is 5.92 Å². The number of benzene rings is 2. The van der Waals surface area contributed by atoms with Crippen molar-refractivity contribution >= 4 is 34.4 Å². The van der Waals surface area contributed by atoms with Crippen molar-refractivity contribution in [1.82, 2.24) is 24.8 Å². The van der Waals surface area contributed by atoms with Crippen molar-refractivity contribution in [3.05, 3.63) is 75.7 Å². The number of halogens is 4. The maximum Gasteiger partial charge on any atom is 0.164 e. The van der Waals surface area contributed by atoms with Crippen molar-refractivity contribution in [3.63, 3.8) is 0 Å². The highest BCUT2D eigenvalue weighted by molar-refractivity contribution is 6.39. The van der Waals surface area contributed by atoms with Gasteiger partial charge in [-0.15, -0.1) is 0 Å². The zero-order valence-electron chi connectivity index (χ0n) is 17.7. The van der Waals surface area contributed by atoms with Gasteiger partial charge in [-0.05, 0) is 55.6 Å². The normalized spacial score (nSPS) is 16.1. The van der Waals surface area contributed by atoms with Crippen LogP contribution in [0.1, 0.15) is 17.8 Å². The Balaban J connectivity index is 1.54. The summed E-state index contributed by atoms with van der Waals surface area (Å²) < 4.78 is 29.3. The number of hydrogen-bond donors (Lipinski definition) is 1. The maximum atomic E-state index is 14.0. The van der Waals surface area contributed by atoms with Crippen LogP contribution < -0.4 is 5.32 Å². The third-order valence-electron chi connectivity index (χ3n) is 5.96. The Morgan fingerprint density at radius 2 is 1.88 bits per heavy atom. The molecular weight excluding hydrogens is 467 g/mol. The molecule has 0 saturated carbocycles. The average molecular weight is 488 g/mol. The molecule has 33 heavy (non-hydrogen) atoms. The van der Waals surface area contributed by atoms with Crippen LogP contribution in [0.3, 0.4) is 0 Å². The summed E-state index contributed by atoms with van der Waals surface area (Å²) in [7, 11) is 0. The molecule has 1 N–H and O–H groups in total. The van der Waals surface area contributed by atoms with Gasteiger partial charge in [0.25, 0.3) is 0 Å². The van der Waals surface area contributed by atoms with E-state index in [1.807, 2.05) is 0 Å². The van der Waals surface area contributed by atoms with Crippen LogP contribution in [0.2, 0.25) is 10.0 Å². The minimum Gasteiger partial charge on any atom is -0.316 e. The standard InChI is InChI=1S/C24H21Cl2F2N5/c25-17-2-1-3-18(26)22(17)24-31-20-12-30-21(7-5-15-4-6-16(27)10-19(15)28)32-23(20)33(24)13-14-8-9-29-11-14/h1-4,6,10,12,14,29H,5,7-9,11,13H2/t14-/m0/s1. The molecule has 1 aliphatic heterocycles. The molecule has 5 rings (SSSR count). The number of aryl methyl sites for hydroxylation is 2. The van der Waals surface area contributed by atoms with Crippen molar-refractivity contribution in [1.29, 1.82) is 0 Å². The van der Waals surface area contributed by atoms with E-state index in [-0.39, 0.29) is 0 Å². The Morgan fingerprint density at radius 1 is 1.06 bits per heavy atom. The number of fused-ring (bicyclic) bond motifs is 1. The number of aromatic nitrogens is 4. The van der Waals surface area contributed by atoms with Gasteiger partial charge in [0.15, 0.2) is 5.65 Å². The molecule has 1 saturated heterocycles. The van der Waals surface area contributed by atoms with E-state index < -0.39 is 11.6 Å². The molecule has 5 nitrogen and oxygen atoms in total. The van der Waals surface area contributed by atoms with Crippen molar-refractivity contribution in [2.75, 3.05) is 13.1 Å². The van der Waals surface area contributed by atoms with Crippen LogP contribution in [0, 0.1) is 17.6 Å². The molecule has 1 aliphatic rings. The predicted molar refractivity (Wildman–Crippen MR) is 126 cm³/mol. The average Bonchev–Trinajstić information content (AvgIpc) is 3.42. The van der Waals surface area contributed by atoms with E-state index in [0.717, 1.165) is 25.6 Å². The Labute approximate surface area is 199 Å². The van der Waals surface area contributed by atoms with Crippen LogP contribution in [0.5, 0.6) is 0 Å². The van der Waals surface area contributed by atoms with E-state index >= 15 is 0 Å². The lowest BCUT2D eigenvalue weighted by atomic mass is 10.1. The molecule has 3 heterocycles. The van der Waals surface area contributed by atoms with Crippen molar-refractivity contribution in [2.45, 2.75) is 25.8 Å². The van der Waals surface area contributed by atoms with Gasteiger partial charge in [0.1, 0.15) is 28.8 Å². The Bertz CT molecular complexity index is 1300. The zero-order valence-corrected chi connectivity index (χ0v) is 19.2. The molecule has 0 amide bonds. The van der Waals surface area contributed by atoms with Crippen LogP contribution in [0.15, 0.2) is 42.6 Å². The fourth-order valence-electron chi connectivity index (χ4n) is 4.25. The lowest BCUT2D eigenvalue weighted by molar-refractivity contribution is 0.490. The van der Waals surface area contributed by atoms with Gasteiger partial charge >= 0.3 is 0 Å². The molecule has 0 aliphatic carbocycles. The fraction of sp³-hybridized carbons (Fsp3) is 0.292. The minimum atomic E-state index is -0.593. The van der Waals surface area contributed by atoms with Gasteiger partial charge in [0, 0.05) is 19.0 Å². The van der Waals surface area contributed by atoms with E-state index in [0.29, 0.717) is 69.3 Å². The first kappa shape index (κ1) is 22.2. The van der Waals surface area contributed by atoms with E-state index in [1.54, 1.807) is 24.4 Å². The van der Waals surface area contributed by atoms with Gasteiger partial charge < -0.3 is 9.88 Å². The molecule has 0 bridgehead atoms. The van der Waals surface area contributed by atoms with Crippen LogP contribution in [-0.4, -0.2) is 32.6 Å². The summed E-state index contributed by atoms with van der Waals surface area (Å²) in [4.78, 5) is 14.0. The Hall–Kier alpha value is -2.61. The van der Waals surface area contributed by atoms with Crippen LogP contribution in [0.4, 0.5) is 8.78 Å². The van der Waals surface area contributed by atoms with Crippen LogP contribution in [-0.2, 0) is 19.4 Å². The summed E-state index contributed by atoms with van der Waals surface area (Å²) in [5, 5.41) is 4.43. The number of nitrogens with zero attached hydrogens (tertiary/aromatic N) is 4. The van der Waals surface area contributed by atoms with Gasteiger partial charge in [0.05, 0.1) is 21.8 Å². The molecule has 0 unspecified atom stereocenters. The Morgan fingerprint density at radius 3 is 2.61 bits per heavy atom. The topological polar surface area (TPSA) is 55.6 Å². The fourth-order valence-corrected chi connectivity index (χ4v) is 4.82. The molecule has 170 valence electrons. The van der Waals surface area contributed by atoms with Gasteiger partial charge in [-0.1, -0.05) is 35.3 Å². The summed E-state index contributed by atoms with van der Waals surface area (Å²) in [6.07, 6.45) is 3.51. The number of nitrogens with one attached hydrogen (secondary N) is 1. The quantitative estimate of drug-likeness (QED) is 0.391. The van der Waals surface area contributed by atoms with E-state index in [2.05, 4.69) is 14.9 Å². The lowest BCUT2D eigenvalue weighted by Gasteiger charge is -2.15. The number of rotatable bonds is 6. The first-order valence-electron chi connectivity index (χ1n) is 10.8. The highest BCUT2D eigenvalue weighted by Crippen LogP contribution is 2.36. The largest absolute Gasteiger partial charge is 0.316 e. The monoisotopic (exact) mass is 487 g/mol. The molecular formula is C24H21Cl2F2N5. The van der Waals surface area contributed by atoms with Crippen molar-refractivity contribution < 1.29 is 8.78 Å². The first-order valence-corrected chi connectivity index (χ1v) is 11.6. The highest BCUT2D eigenvalue weighted by Gasteiger charge is 2.23. The Kier molecular flexibility index (Phi) is 6.27. The zero-order chi connectivity index (χ0) is 22.9. The number of imidazole rings is 1. The molecule has 4 aromatic rings. The smallest absolute Gasteiger partial charge is 0.164 e. The predicted octanol–water partition coefficient (Wildman–Crippen LogP) is 5.47. The summed E-state index contributed by atoms with van der Waals surface area (Å²) >= 11 is 13.0. The van der Waals surface area contributed by atoms with E-state index in [4.69, 9.17) is 33.2 Å². The third-order valence-corrected chi connectivity index (χ3v) is 6.59. The maximum absolute atomic E-state index is 14.0. The third kappa shape index (κ3) is 4.58. The second kappa shape index (κ2) is 9.33. The summed E-state index contributed by atoms with van der Waals surface area (Å²) in [5.74, 6) is 0.488.